The van der Waals surface area contributed by atoms with Crippen LogP contribution < -0.4 is 10.6 Å². The van der Waals surface area contributed by atoms with Gasteiger partial charge in [-0.05, 0) is 38.1 Å². The highest BCUT2D eigenvalue weighted by atomic mass is 31.2. The molecule has 0 saturated carbocycles. The minimum absolute atomic E-state index is 0.0648. The molecule has 0 fully saturated rings. The molecule has 0 amide bonds. The van der Waals surface area contributed by atoms with Crippen molar-refractivity contribution in [2.45, 2.75) is 13.8 Å². The maximum Gasteiger partial charge on any atom is 0.361 e. The van der Waals surface area contributed by atoms with Crippen molar-refractivity contribution in [3.8, 4) is 0 Å². The summed E-state index contributed by atoms with van der Waals surface area (Å²) in [6.07, 6.45) is 0. The summed E-state index contributed by atoms with van der Waals surface area (Å²) in [6.45, 7) is 4.36. The Morgan fingerprint density at radius 2 is 1.12 bits per heavy atom. The lowest BCUT2D eigenvalue weighted by Gasteiger charge is -2.16. The lowest BCUT2D eigenvalue weighted by molar-refractivity contribution is 0.230. The molecule has 0 aliphatic heterocycles. The van der Waals surface area contributed by atoms with Crippen molar-refractivity contribution in [1.29, 1.82) is 0 Å². The Hall–Kier alpha value is -1.26. The van der Waals surface area contributed by atoms with Gasteiger partial charge >= 0.3 is 15.2 Å². The van der Waals surface area contributed by atoms with Crippen molar-refractivity contribution < 1.29 is 28.0 Å². The number of hydrogen-bond acceptors (Lipinski definition) is 4. The highest BCUT2D eigenvalue weighted by Crippen LogP contribution is 2.46. The molecule has 0 aliphatic rings. The predicted octanol–water partition coefficient (Wildman–Crippen LogP) is 3.07. The predicted molar refractivity (Wildman–Crippen MR) is 95.1 cm³/mol. The van der Waals surface area contributed by atoms with E-state index in [4.69, 9.17) is 18.8 Å². The molecule has 0 spiro atoms. The molecule has 2 aromatic carbocycles. The van der Waals surface area contributed by atoms with Gasteiger partial charge in [0, 0.05) is 0 Å². The smallest absolute Gasteiger partial charge is 0.321 e. The van der Waals surface area contributed by atoms with Gasteiger partial charge in [0.2, 0.25) is 0 Å². The third-order valence-electron chi connectivity index (χ3n) is 2.76. The van der Waals surface area contributed by atoms with Gasteiger partial charge in [-0.1, -0.05) is 36.4 Å². The van der Waals surface area contributed by atoms with Crippen LogP contribution >= 0.6 is 15.2 Å². The summed E-state index contributed by atoms with van der Waals surface area (Å²) >= 11 is 0. The van der Waals surface area contributed by atoms with Crippen molar-refractivity contribution >= 4 is 25.8 Å². The Kier molecular flexibility index (Phi) is 8.57. The van der Waals surface area contributed by atoms with Crippen LogP contribution in [0.2, 0.25) is 0 Å². The van der Waals surface area contributed by atoms with Crippen LogP contribution in [0.15, 0.2) is 60.7 Å². The molecule has 8 heteroatoms. The Balaban J connectivity index is 0.000000254. The van der Waals surface area contributed by atoms with E-state index in [0.717, 1.165) is 0 Å². The van der Waals surface area contributed by atoms with Gasteiger partial charge in [0.25, 0.3) is 0 Å². The minimum atomic E-state index is -4.02. The lowest BCUT2D eigenvalue weighted by atomic mass is 10.4. The monoisotopic (exact) mass is 372 g/mol. The fraction of sp³-hybridized carbons (Fsp3) is 0.250. The second-order valence-electron chi connectivity index (χ2n) is 4.55. The average Bonchev–Trinajstić information content (AvgIpc) is 2.57. The van der Waals surface area contributed by atoms with E-state index < -0.39 is 15.2 Å². The van der Waals surface area contributed by atoms with Crippen LogP contribution in [0, 0.1) is 0 Å². The highest BCUT2D eigenvalue weighted by Gasteiger charge is 2.25. The fourth-order valence-electron chi connectivity index (χ4n) is 1.76. The van der Waals surface area contributed by atoms with E-state index in [1.807, 2.05) is 18.2 Å². The Morgan fingerprint density at radius 3 is 1.42 bits per heavy atom. The number of rotatable bonds is 6. The van der Waals surface area contributed by atoms with Crippen LogP contribution in [0.5, 0.6) is 0 Å². The minimum Gasteiger partial charge on any atom is -0.321 e. The zero-order valence-electron chi connectivity index (χ0n) is 13.6. The Morgan fingerprint density at radius 1 is 0.750 bits per heavy atom. The second-order valence-corrected chi connectivity index (χ2v) is 8.18. The summed E-state index contributed by atoms with van der Waals surface area (Å²) < 4.78 is 33.1. The van der Waals surface area contributed by atoms with Gasteiger partial charge in [0.05, 0.1) is 23.8 Å². The first-order valence-corrected chi connectivity index (χ1v) is 10.5. The summed E-state index contributed by atoms with van der Waals surface area (Å²) in [5, 5.41) is 0.679. The van der Waals surface area contributed by atoms with Gasteiger partial charge in [-0.2, -0.15) is 0 Å². The molecule has 0 bridgehead atoms. The molecule has 0 atom stereocenters. The van der Waals surface area contributed by atoms with Crippen LogP contribution in [0.3, 0.4) is 0 Å². The van der Waals surface area contributed by atoms with E-state index in [0.29, 0.717) is 18.5 Å². The van der Waals surface area contributed by atoms with Crippen molar-refractivity contribution in [3.63, 3.8) is 0 Å². The van der Waals surface area contributed by atoms with Gasteiger partial charge in [0.1, 0.15) is 0 Å². The summed E-state index contributed by atoms with van der Waals surface area (Å²) in [4.78, 5) is 17.2. The van der Waals surface area contributed by atoms with Crippen LogP contribution in [0.4, 0.5) is 0 Å². The first kappa shape index (κ1) is 20.8. The molecule has 0 aromatic heterocycles. The van der Waals surface area contributed by atoms with Crippen molar-refractivity contribution in [2.75, 3.05) is 13.2 Å². The van der Waals surface area contributed by atoms with E-state index in [2.05, 4.69) is 0 Å². The molecule has 2 N–H and O–H groups in total. The molecule has 24 heavy (non-hydrogen) atoms. The largest absolute Gasteiger partial charge is 0.361 e. The van der Waals surface area contributed by atoms with Crippen molar-refractivity contribution in [2.24, 2.45) is 0 Å². The maximum atomic E-state index is 12.2. The molecular formula is C16H22O6P2. The number of benzene rings is 2. The average molecular weight is 372 g/mol. The molecular weight excluding hydrogens is 350 g/mol. The molecule has 0 unspecified atom stereocenters. The van der Waals surface area contributed by atoms with E-state index in [1.54, 1.807) is 44.2 Å². The number of hydrogen-bond donors (Lipinski definition) is 2. The molecule has 0 radical (unpaired) electrons. The SMILES string of the molecule is CCOP(=O)(OCC)c1ccccc1.O=P(O)(O)c1ccccc1. The highest BCUT2D eigenvalue weighted by molar-refractivity contribution is 7.62. The first-order valence-electron chi connectivity index (χ1n) is 7.39. The van der Waals surface area contributed by atoms with Crippen LogP contribution in [-0.2, 0) is 18.2 Å². The molecule has 0 aliphatic carbocycles. The van der Waals surface area contributed by atoms with Crippen molar-refractivity contribution in [1.82, 2.24) is 0 Å². The first-order chi connectivity index (χ1) is 11.3. The van der Waals surface area contributed by atoms with Gasteiger partial charge < -0.3 is 18.8 Å². The second kappa shape index (κ2) is 9.90. The molecule has 2 rings (SSSR count). The Labute approximate surface area is 142 Å². The third-order valence-corrected chi connectivity index (χ3v) is 5.86. The van der Waals surface area contributed by atoms with Crippen LogP contribution in [-0.4, -0.2) is 23.0 Å². The quantitative estimate of drug-likeness (QED) is 0.757. The fourth-order valence-corrected chi connectivity index (χ4v) is 3.91. The van der Waals surface area contributed by atoms with Gasteiger partial charge in [0.15, 0.2) is 0 Å². The molecule has 2 aromatic rings. The summed E-state index contributed by atoms with van der Waals surface area (Å²) in [5.74, 6) is 0. The van der Waals surface area contributed by atoms with Gasteiger partial charge in [-0.3, -0.25) is 9.13 Å². The zero-order valence-corrected chi connectivity index (χ0v) is 15.4. The zero-order chi connectivity index (χ0) is 18.1. The van der Waals surface area contributed by atoms with Gasteiger partial charge in [-0.25, -0.2) is 0 Å². The van der Waals surface area contributed by atoms with E-state index in [1.165, 1.54) is 12.1 Å². The topological polar surface area (TPSA) is 93.1 Å². The summed E-state index contributed by atoms with van der Waals surface area (Å²) in [5.41, 5.74) is 0. The van der Waals surface area contributed by atoms with Crippen LogP contribution in [0.1, 0.15) is 13.8 Å². The summed E-state index contributed by atoms with van der Waals surface area (Å²) in [6, 6.07) is 16.7. The Bertz CT molecular complexity index is 674. The van der Waals surface area contributed by atoms with E-state index in [-0.39, 0.29) is 5.30 Å². The normalized spacial score (nSPS) is 11.5. The lowest BCUT2D eigenvalue weighted by Crippen LogP contribution is -2.09. The molecule has 0 saturated heterocycles. The third kappa shape index (κ3) is 6.70. The van der Waals surface area contributed by atoms with E-state index >= 15 is 0 Å². The molecule has 132 valence electrons. The molecule has 0 heterocycles. The van der Waals surface area contributed by atoms with Crippen LogP contribution in [0.25, 0.3) is 0 Å². The standard InChI is InChI=1S/C10H15O3P.C6H7O3P/c1-3-12-14(11,13-4-2)10-8-6-5-7-9-10;7-10(8,9)6-4-2-1-3-5-6/h5-9H,3-4H2,1-2H3;1-5H,(H2,7,8,9). The molecule has 6 nitrogen and oxygen atoms in total. The summed E-state index contributed by atoms with van der Waals surface area (Å²) in [7, 11) is -7.09. The maximum absolute atomic E-state index is 12.2. The van der Waals surface area contributed by atoms with Gasteiger partial charge in [-0.15, -0.1) is 0 Å². The van der Waals surface area contributed by atoms with E-state index in [9.17, 15) is 9.13 Å². The van der Waals surface area contributed by atoms with Crippen molar-refractivity contribution in [3.05, 3.63) is 60.7 Å².